The van der Waals surface area contributed by atoms with Gasteiger partial charge in [-0.1, -0.05) is 23.9 Å². The van der Waals surface area contributed by atoms with Crippen molar-refractivity contribution in [1.29, 1.82) is 0 Å². The molecule has 2 aromatic carbocycles. The molecule has 25 heavy (non-hydrogen) atoms. The number of carbonyl (C=O) groups is 1. The summed E-state index contributed by atoms with van der Waals surface area (Å²) in [6.45, 7) is 0. The molecule has 0 unspecified atom stereocenters. The summed E-state index contributed by atoms with van der Waals surface area (Å²) in [6, 6.07) is 16.4. The van der Waals surface area contributed by atoms with Gasteiger partial charge >= 0.3 is 5.97 Å². The molecule has 0 spiro atoms. The van der Waals surface area contributed by atoms with Gasteiger partial charge in [-0.25, -0.2) is 14.8 Å². The second kappa shape index (κ2) is 7.81. The Morgan fingerprint density at radius 3 is 2.44 bits per heavy atom. The van der Waals surface area contributed by atoms with Crippen LogP contribution in [0.3, 0.4) is 0 Å². The van der Waals surface area contributed by atoms with Crippen LogP contribution in [0.2, 0.25) is 0 Å². The van der Waals surface area contributed by atoms with Gasteiger partial charge in [-0.05, 0) is 48.0 Å². The molecule has 1 N–H and O–H groups in total. The zero-order valence-electron chi connectivity index (χ0n) is 13.5. The predicted octanol–water partition coefficient (Wildman–Crippen LogP) is 4.14. The van der Waals surface area contributed by atoms with Crippen LogP contribution in [0.5, 0.6) is 5.75 Å². The van der Waals surface area contributed by atoms with E-state index in [2.05, 4.69) is 9.97 Å². The SMILES string of the molecule is COc1ccc(-c2ccnc(SCc3ccc(C(=O)O)cc3)n2)cc1. The molecular formula is C19H16N2O3S. The number of rotatable bonds is 6. The smallest absolute Gasteiger partial charge is 0.335 e. The Hall–Kier alpha value is -2.86. The third-order valence-corrected chi connectivity index (χ3v) is 4.52. The van der Waals surface area contributed by atoms with Crippen LogP contribution in [0.25, 0.3) is 11.3 Å². The second-order valence-electron chi connectivity index (χ2n) is 5.24. The van der Waals surface area contributed by atoms with Crippen LogP contribution in [0.1, 0.15) is 15.9 Å². The summed E-state index contributed by atoms with van der Waals surface area (Å²) in [4.78, 5) is 19.7. The molecule has 6 heteroatoms. The van der Waals surface area contributed by atoms with E-state index in [1.54, 1.807) is 25.4 Å². The van der Waals surface area contributed by atoms with Crippen LogP contribution >= 0.6 is 11.8 Å². The van der Waals surface area contributed by atoms with Gasteiger partial charge < -0.3 is 9.84 Å². The first-order valence-corrected chi connectivity index (χ1v) is 8.57. The highest BCUT2D eigenvalue weighted by molar-refractivity contribution is 7.98. The molecule has 0 bridgehead atoms. The summed E-state index contributed by atoms with van der Waals surface area (Å²) >= 11 is 1.51. The van der Waals surface area contributed by atoms with Gasteiger partial charge in [0, 0.05) is 17.5 Å². The van der Waals surface area contributed by atoms with Crippen LogP contribution in [0, 0.1) is 0 Å². The lowest BCUT2D eigenvalue weighted by Gasteiger charge is -2.05. The normalized spacial score (nSPS) is 10.4. The summed E-state index contributed by atoms with van der Waals surface area (Å²) in [5, 5.41) is 9.60. The molecule has 0 aliphatic heterocycles. The van der Waals surface area contributed by atoms with E-state index < -0.39 is 5.97 Å². The average Bonchev–Trinajstić information content (AvgIpc) is 2.67. The molecule has 5 nitrogen and oxygen atoms in total. The average molecular weight is 352 g/mol. The standard InChI is InChI=1S/C19H16N2O3S/c1-24-16-8-6-14(7-9-16)17-10-11-20-19(21-17)25-12-13-2-4-15(5-3-13)18(22)23/h2-11H,12H2,1H3,(H,22,23). The minimum atomic E-state index is -0.922. The molecule has 0 saturated heterocycles. The number of aromatic nitrogens is 2. The zero-order chi connectivity index (χ0) is 17.6. The molecule has 0 atom stereocenters. The van der Waals surface area contributed by atoms with Crippen molar-refractivity contribution in [2.75, 3.05) is 7.11 Å². The minimum Gasteiger partial charge on any atom is -0.497 e. The first-order valence-electron chi connectivity index (χ1n) is 7.58. The van der Waals surface area contributed by atoms with E-state index in [0.717, 1.165) is 22.6 Å². The highest BCUT2D eigenvalue weighted by atomic mass is 32.2. The molecule has 1 heterocycles. The molecule has 0 aliphatic rings. The van der Waals surface area contributed by atoms with Crippen molar-refractivity contribution in [1.82, 2.24) is 9.97 Å². The van der Waals surface area contributed by atoms with E-state index in [9.17, 15) is 4.79 Å². The molecule has 0 aliphatic carbocycles. The number of carboxylic acids is 1. The number of benzene rings is 2. The van der Waals surface area contributed by atoms with Crippen LogP contribution < -0.4 is 4.74 Å². The highest BCUT2D eigenvalue weighted by Crippen LogP contribution is 2.24. The van der Waals surface area contributed by atoms with E-state index in [4.69, 9.17) is 9.84 Å². The van der Waals surface area contributed by atoms with Crippen LogP contribution in [-0.4, -0.2) is 28.2 Å². The lowest BCUT2D eigenvalue weighted by molar-refractivity contribution is 0.0697. The number of ether oxygens (including phenoxy) is 1. The zero-order valence-corrected chi connectivity index (χ0v) is 14.4. The molecule has 0 saturated carbocycles. The van der Waals surface area contributed by atoms with Crippen LogP contribution in [0.15, 0.2) is 66.0 Å². The molecule has 3 rings (SSSR count). The first kappa shape index (κ1) is 17.0. The summed E-state index contributed by atoms with van der Waals surface area (Å²) < 4.78 is 5.17. The maximum absolute atomic E-state index is 10.9. The Labute approximate surface area is 149 Å². The number of nitrogens with zero attached hydrogens (tertiary/aromatic N) is 2. The predicted molar refractivity (Wildman–Crippen MR) is 97.0 cm³/mol. The summed E-state index contributed by atoms with van der Waals surface area (Å²) in [6.07, 6.45) is 1.74. The van der Waals surface area contributed by atoms with Gasteiger partial charge in [0.25, 0.3) is 0 Å². The van der Waals surface area contributed by atoms with Gasteiger partial charge in [0.15, 0.2) is 5.16 Å². The van der Waals surface area contributed by atoms with Crippen molar-refractivity contribution in [2.24, 2.45) is 0 Å². The minimum absolute atomic E-state index is 0.284. The Morgan fingerprint density at radius 1 is 1.08 bits per heavy atom. The monoisotopic (exact) mass is 352 g/mol. The highest BCUT2D eigenvalue weighted by Gasteiger charge is 2.05. The molecular weight excluding hydrogens is 336 g/mol. The Bertz CT molecular complexity index is 865. The fourth-order valence-corrected chi connectivity index (χ4v) is 3.01. The van der Waals surface area contributed by atoms with Gasteiger partial charge in [-0.15, -0.1) is 0 Å². The third-order valence-electron chi connectivity index (χ3n) is 3.59. The summed E-state index contributed by atoms with van der Waals surface area (Å²) in [5.41, 5.74) is 3.15. The number of hydrogen-bond acceptors (Lipinski definition) is 5. The van der Waals surface area contributed by atoms with Crippen LogP contribution in [0.4, 0.5) is 0 Å². The number of methoxy groups -OCH3 is 1. The maximum atomic E-state index is 10.9. The molecule has 0 radical (unpaired) electrons. The summed E-state index contributed by atoms with van der Waals surface area (Å²) in [5.74, 6) is 0.554. The van der Waals surface area contributed by atoms with Crippen molar-refractivity contribution in [3.05, 3.63) is 71.9 Å². The lowest BCUT2D eigenvalue weighted by atomic mass is 10.1. The molecule has 0 fully saturated rings. The van der Waals surface area contributed by atoms with Gasteiger partial charge in [0.2, 0.25) is 0 Å². The number of carboxylic acid groups (broad SMARTS) is 1. The van der Waals surface area contributed by atoms with E-state index in [0.29, 0.717) is 10.9 Å². The van der Waals surface area contributed by atoms with Gasteiger partial charge in [0.1, 0.15) is 5.75 Å². The molecule has 0 amide bonds. The number of hydrogen-bond donors (Lipinski definition) is 1. The van der Waals surface area contributed by atoms with Crippen LogP contribution in [-0.2, 0) is 5.75 Å². The lowest BCUT2D eigenvalue weighted by Crippen LogP contribution is -1.96. The maximum Gasteiger partial charge on any atom is 0.335 e. The van der Waals surface area contributed by atoms with Crippen molar-refractivity contribution < 1.29 is 14.6 Å². The Morgan fingerprint density at radius 2 is 1.80 bits per heavy atom. The fraction of sp³-hybridized carbons (Fsp3) is 0.105. The van der Waals surface area contributed by atoms with Crippen molar-refractivity contribution in [3.63, 3.8) is 0 Å². The molecule has 3 aromatic rings. The largest absolute Gasteiger partial charge is 0.497 e. The van der Waals surface area contributed by atoms with Gasteiger partial charge in [0.05, 0.1) is 18.4 Å². The molecule has 126 valence electrons. The van der Waals surface area contributed by atoms with E-state index in [-0.39, 0.29) is 5.56 Å². The van der Waals surface area contributed by atoms with Crippen molar-refractivity contribution in [3.8, 4) is 17.0 Å². The van der Waals surface area contributed by atoms with E-state index >= 15 is 0 Å². The first-order chi connectivity index (χ1) is 12.2. The number of aromatic carboxylic acids is 1. The van der Waals surface area contributed by atoms with Crippen molar-refractivity contribution >= 4 is 17.7 Å². The van der Waals surface area contributed by atoms with E-state index in [1.165, 1.54) is 11.8 Å². The number of thioether (sulfide) groups is 1. The molecule has 1 aromatic heterocycles. The van der Waals surface area contributed by atoms with Gasteiger partial charge in [-0.2, -0.15) is 0 Å². The van der Waals surface area contributed by atoms with E-state index in [1.807, 2.05) is 42.5 Å². The quantitative estimate of drug-likeness (QED) is 0.531. The topological polar surface area (TPSA) is 72.3 Å². The van der Waals surface area contributed by atoms with Gasteiger partial charge in [-0.3, -0.25) is 0 Å². The Balaban J connectivity index is 1.69. The third kappa shape index (κ3) is 4.36. The van der Waals surface area contributed by atoms with Crippen molar-refractivity contribution in [2.45, 2.75) is 10.9 Å². The second-order valence-corrected chi connectivity index (χ2v) is 6.19. The fourth-order valence-electron chi connectivity index (χ4n) is 2.22. The Kier molecular flexibility index (Phi) is 5.30. The summed E-state index contributed by atoms with van der Waals surface area (Å²) in [7, 11) is 1.64.